The van der Waals surface area contributed by atoms with E-state index in [0.29, 0.717) is 25.3 Å². The molecule has 1 aliphatic heterocycles. The van der Waals surface area contributed by atoms with Gasteiger partial charge in [-0.25, -0.2) is 9.48 Å². The number of aromatic nitrogens is 2. The first-order valence-electron chi connectivity index (χ1n) is 6.39. The molecular formula is C11H17N5O4. The van der Waals surface area contributed by atoms with Crippen LogP contribution < -0.4 is 10.2 Å². The third-order valence-corrected chi connectivity index (χ3v) is 3.35. The Kier molecular flexibility index (Phi) is 3.89. The summed E-state index contributed by atoms with van der Waals surface area (Å²) in [4.78, 5) is 23.7. The van der Waals surface area contributed by atoms with Crippen LogP contribution in [0, 0.1) is 17.0 Å². The van der Waals surface area contributed by atoms with Crippen LogP contribution in [0.1, 0.15) is 12.6 Å². The largest absolute Gasteiger partial charge is 0.480 e. The van der Waals surface area contributed by atoms with Crippen LogP contribution in [-0.2, 0) is 11.3 Å². The summed E-state index contributed by atoms with van der Waals surface area (Å²) in [6, 6.07) is -0.830. The van der Waals surface area contributed by atoms with Crippen molar-refractivity contribution in [3.05, 3.63) is 15.8 Å². The maximum absolute atomic E-state index is 11.3. The van der Waals surface area contributed by atoms with Crippen molar-refractivity contribution < 1.29 is 14.8 Å². The minimum atomic E-state index is -1.01. The van der Waals surface area contributed by atoms with Crippen LogP contribution in [0.4, 0.5) is 11.5 Å². The summed E-state index contributed by atoms with van der Waals surface area (Å²) in [5.74, 6) is -0.725. The number of hydrogen-bond donors (Lipinski definition) is 2. The molecule has 0 radical (unpaired) electrons. The van der Waals surface area contributed by atoms with Crippen molar-refractivity contribution in [1.29, 1.82) is 0 Å². The number of hydrogen-bond acceptors (Lipinski definition) is 6. The fourth-order valence-corrected chi connectivity index (χ4v) is 2.46. The predicted octanol–water partition coefficient (Wildman–Crippen LogP) is -0.0176. The van der Waals surface area contributed by atoms with Crippen molar-refractivity contribution in [2.24, 2.45) is 0 Å². The molecule has 2 N–H and O–H groups in total. The number of nitro groups is 1. The molecule has 1 aromatic rings. The number of nitrogens with one attached hydrogen (secondary N) is 1. The normalized spacial score (nSPS) is 19.1. The van der Waals surface area contributed by atoms with Gasteiger partial charge in [0.25, 0.3) is 0 Å². The Balaban J connectivity index is 2.54. The Hall–Kier alpha value is -2.16. The smallest absolute Gasteiger partial charge is 0.333 e. The molecule has 2 heterocycles. The molecule has 1 atom stereocenters. The van der Waals surface area contributed by atoms with Gasteiger partial charge in [0, 0.05) is 26.2 Å². The first-order chi connectivity index (χ1) is 9.47. The summed E-state index contributed by atoms with van der Waals surface area (Å²) in [5, 5.41) is 27.7. The number of carbonyl (C=O) groups is 1. The Morgan fingerprint density at radius 1 is 1.65 bits per heavy atom. The number of aliphatic carboxylic acids is 1. The zero-order valence-corrected chi connectivity index (χ0v) is 11.4. The fourth-order valence-electron chi connectivity index (χ4n) is 2.46. The molecule has 0 bridgehead atoms. The van der Waals surface area contributed by atoms with E-state index in [1.165, 1.54) is 4.68 Å². The van der Waals surface area contributed by atoms with Gasteiger partial charge in [0.2, 0.25) is 5.82 Å². The molecule has 0 spiro atoms. The molecule has 9 heteroatoms. The van der Waals surface area contributed by atoms with E-state index < -0.39 is 16.9 Å². The number of aryl methyl sites for hydroxylation is 2. The summed E-state index contributed by atoms with van der Waals surface area (Å²) in [6.07, 6.45) is 0. The van der Waals surface area contributed by atoms with Gasteiger partial charge in [0.05, 0.1) is 4.92 Å². The van der Waals surface area contributed by atoms with E-state index in [1.807, 2.05) is 6.92 Å². The number of nitrogens with zero attached hydrogens (tertiary/aromatic N) is 4. The minimum Gasteiger partial charge on any atom is -0.480 e. The summed E-state index contributed by atoms with van der Waals surface area (Å²) in [7, 11) is 0. The molecule has 0 saturated carbocycles. The molecule has 1 unspecified atom stereocenters. The minimum absolute atomic E-state index is 0.111. The highest BCUT2D eigenvalue weighted by Crippen LogP contribution is 2.33. The molecule has 1 saturated heterocycles. The van der Waals surface area contributed by atoms with Crippen molar-refractivity contribution in [2.45, 2.75) is 26.4 Å². The molecule has 2 rings (SSSR count). The van der Waals surface area contributed by atoms with Gasteiger partial charge >= 0.3 is 11.7 Å². The lowest BCUT2D eigenvalue weighted by molar-refractivity contribution is -0.384. The SMILES string of the molecule is CCn1nc(C)c([N+](=O)[O-])c1N1CCNCC1C(=O)O. The van der Waals surface area contributed by atoms with Gasteiger partial charge in [-0.1, -0.05) is 0 Å². The van der Waals surface area contributed by atoms with Crippen LogP contribution in [0.3, 0.4) is 0 Å². The highest BCUT2D eigenvalue weighted by Gasteiger charge is 2.37. The Bertz CT molecular complexity index is 541. The molecular weight excluding hydrogens is 266 g/mol. The lowest BCUT2D eigenvalue weighted by Crippen LogP contribution is -2.55. The molecule has 1 aromatic heterocycles. The van der Waals surface area contributed by atoms with E-state index in [-0.39, 0.29) is 18.1 Å². The number of carboxylic acid groups (broad SMARTS) is 1. The predicted molar refractivity (Wildman–Crippen MR) is 70.9 cm³/mol. The fraction of sp³-hybridized carbons (Fsp3) is 0.636. The van der Waals surface area contributed by atoms with Gasteiger partial charge in [-0.05, 0) is 13.8 Å². The van der Waals surface area contributed by atoms with Crippen LogP contribution >= 0.6 is 0 Å². The van der Waals surface area contributed by atoms with Crippen molar-refractivity contribution in [3.63, 3.8) is 0 Å². The molecule has 0 aliphatic carbocycles. The van der Waals surface area contributed by atoms with Gasteiger partial charge in [0.1, 0.15) is 11.7 Å². The summed E-state index contributed by atoms with van der Waals surface area (Å²) >= 11 is 0. The monoisotopic (exact) mass is 283 g/mol. The first-order valence-corrected chi connectivity index (χ1v) is 6.39. The second kappa shape index (κ2) is 5.45. The van der Waals surface area contributed by atoms with Gasteiger partial charge in [0.15, 0.2) is 0 Å². The standard InChI is InChI=1S/C11H17N5O4/c1-3-15-10(9(16(19)20)7(2)13-15)14-5-4-12-6-8(14)11(17)18/h8,12H,3-6H2,1-2H3,(H,17,18). The molecule has 0 aromatic carbocycles. The van der Waals surface area contributed by atoms with Crippen LogP contribution in [0.25, 0.3) is 0 Å². The highest BCUT2D eigenvalue weighted by molar-refractivity contribution is 5.80. The van der Waals surface area contributed by atoms with Crippen LogP contribution in [0.5, 0.6) is 0 Å². The lowest BCUT2D eigenvalue weighted by Gasteiger charge is -2.34. The average Bonchev–Trinajstić information content (AvgIpc) is 2.75. The third-order valence-electron chi connectivity index (χ3n) is 3.35. The molecule has 1 fully saturated rings. The van der Waals surface area contributed by atoms with Crippen molar-refractivity contribution in [1.82, 2.24) is 15.1 Å². The number of anilines is 1. The third kappa shape index (κ3) is 2.31. The van der Waals surface area contributed by atoms with Gasteiger partial charge in [-0.2, -0.15) is 5.10 Å². The molecule has 1 aliphatic rings. The maximum atomic E-state index is 11.3. The van der Waals surface area contributed by atoms with E-state index in [1.54, 1.807) is 11.8 Å². The number of carboxylic acids is 1. The Morgan fingerprint density at radius 3 is 2.90 bits per heavy atom. The lowest BCUT2D eigenvalue weighted by atomic mass is 10.2. The van der Waals surface area contributed by atoms with Crippen LogP contribution in [0.15, 0.2) is 0 Å². The van der Waals surface area contributed by atoms with Gasteiger partial charge in [-0.3, -0.25) is 10.1 Å². The quantitative estimate of drug-likeness (QED) is 0.589. The Morgan fingerprint density at radius 2 is 2.35 bits per heavy atom. The second-order valence-electron chi connectivity index (χ2n) is 4.58. The highest BCUT2D eigenvalue weighted by atomic mass is 16.6. The summed E-state index contributed by atoms with van der Waals surface area (Å²) in [5.41, 5.74) is 0.189. The summed E-state index contributed by atoms with van der Waals surface area (Å²) in [6.45, 7) is 5.04. The zero-order valence-electron chi connectivity index (χ0n) is 11.4. The summed E-state index contributed by atoms with van der Waals surface area (Å²) < 4.78 is 1.49. The molecule has 9 nitrogen and oxygen atoms in total. The Labute approximate surface area is 115 Å². The van der Waals surface area contributed by atoms with E-state index in [4.69, 9.17) is 0 Å². The zero-order chi connectivity index (χ0) is 14.9. The number of piperazine rings is 1. The van der Waals surface area contributed by atoms with Crippen LogP contribution in [-0.4, -0.2) is 51.5 Å². The molecule has 20 heavy (non-hydrogen) atoms. The second-order valence-corrected chi connectivity index (χ2v) is 4.58. The molecule has 110 valence electrons. The first kappa shape index (κ1) is 14.3. The average molecular weight is 283 g/mol. The van der Waals surface area contributed by atoms with E-state index in [0.717, 1.165) is 0 Å². The van der Waals surface area contributed by atoms with E-state index in [9.17, 15) is 20.0 Å². The maximum Gasteiger partial charge on any atom is 0.333 e. The van der Waals surface area contributed by atoms with E-state index in [2.05, 4.69) is 10.4 Å². The van der Waals surface area contributed by atoms with Crippen molar-refractivity contribution >= 4 is 17.5 Å². The van der Waals surface area contributed by atoms with Crippen LogP contribution in [0.2, 0.25) is 0 Å². The van der Waals surface area contributed by atoms with E-state index >= 15 is 0 Å². The number of rotatable bonds is 4. The topological polar surface area (TPSA) is 114 Å². The van der Waals surface area contributed by atoms with Crippen molar-refractivity contribution in [3.8, 4) is 0 Å². The van der Waals surface area contributed by atoms with Crippen molar-refractivity contribution in [2.75, 3.05) is 24.5 Å². The molecule has 0 amide bonds. The van der Waals surface area contributed by atoms with Gasteiger partial charge < -0.3 is 15.3 Å². The van der Waals surface area contributed by atoms with Gasteiger partial charge in [-0.15, -0.1) is 0 Å².